The normalized spacial score (nSPS) is 11.2. The summed E-state index contributed by atoms with van der Waals surface area (Å²) >= 11 is 0. The smallest absolute Gasteiger partial charge is 0.416 e. The van der Waals surface area contributed by atoms with Crippen molar-refractivity contribution in [2.75, 3.05) is 5.73 Å². The molecule has 0 fully saturated rings. The summed E-state index contributed by atoms with van der Waals surface area (Å²) in [7, 11) is 0. The van der Waals surface area contributed by atoms with E-state index in [1.165, 1.54) is 12.1 Å². The van der Waals surface area contributed by atoms with Gasteiger partial charge in [-0.2, -0.15) is 23.4 Å². The molecule has 0 unspecified atom stereocenters. The third-order valence-corrected chi connectivity index (χ3v) is 2.20. The first-order chi connectivity index (χ1) is 8.41. The molecule has 0 radical (unpaired) electrons. The van der Waals surface area contributed by atoms with E-state index >= 15 is 0 Å². The molecule has 92 valence electrons. The molecule has 2 aromatic rings. The van der Waals surface area contributed by atoms with Crippen LogP contribution in [-0.2, 0) is 6.18 Å². The van der Waals surface area contributed by atoms with Crippen molar-refractivity contribution in [1.29, 1.82) is 5.26 Å². The van der Waals surface area contributed by atoms with Crippen molar-refractivity contribution in [3.8, 4) is 17.5 Å². The molecule has 2 N–H and O–H groups in total. The SMILES string of the molecule is N#Cc1nc(-c2cccc(C(F)(F)F)c2)oc1N. The summed E-state index contributed by atoms with van der Waals surface area (Å²) in [6.45, 7) is 0. The molecule has 18 heavy (non-hydrogen) atoms. The van der Waals surface area contributed by atoms with Crippen LogP contribution in [0.1, 0.15) is 11.3 Å². The maximum Gasteiger partial charge on any atom is 0.416 e. The average molecular weight is 253 g/mol. The second-order valence-electron chi connectivity index (χ2n) is 3.42. The number of oxazole rings is 1. The van der Waals surface area contributed by atoms with E-state index < -0.39 is 11.7 Å². The Balaban J connectivity index is 2.48. The zero-order valence-corrected chi connectivity index (χ0v) is 8.82. The number of rotatable bonds is 1. The Hall–Kier alpha value is -2.49. The second-order valence-corrected chi connectivity index (χ2v) is 3.42. The van der Waals surface area contributed by atoms with Crippen LogP contribution in [0.4, 0.5) is 19.1 Å². The van der Waals surface area contributed by atoms with Crippen LogP contribution >= 0.6 is 0 Å². The van der Waals surface area contributed by atoms with Gasteiger partial charge in [0.1, 0.15) is 6.07 Å². The van der Waals surface area contributed by atoms with Crippen molar-refractivity contribution in [1.82, 2.24) is 4.98 Å². The quantitative estimate of drug-likeness (QED) is 0.847. The van der Waals surface area contributed by atoms with Crippen LogP contribution in [0.5, 0.6) is 0 Å². The minimum Gasteiger partial charge on any atom is -0.419 e. The molecule has 0 saturated heterocycles. The number of nitrogen functional groups attached to an aromatic ring is 1. The summed E-state index contributed by atoms with van der Waals surface area (Å²) in [5.74, 6) is -0.333. The average Bonchev–Trinajstić information content (AvgIpc) is 2.70. The molecule has 1 heterocycles. The molecule has 1 aromatic carbocycles. The highest BCUT2D eigenvalue weighted by molar-refractivity contribution is 5.58. The molecule has 2 rings (SSSR count). The van der Waals surface area contributed by atoms with Gasteiger partial charge in [-0.05, 0) is 18.2 Å². The number of nitrogens with two attached hydrogens (primary N) is 1. The fraction of sp³-hybridized carbons (Fsp3) is 0.0909. The van der Waals surface area contributed by atoms with E-state index in [0.717, 1.165) is 12.1 Å². The van der Waals surface area contributed by atoms with Gasteiger partial charge in [-0.1, -0.05) is 6.07 Å². The maximum absolute atomic E-state index is 12.5. The Bertz CT molecular complexity index is 625. The van der Waals surface area contributed by atoms with Crippen molar-refractivity contribution in [3.63, 3.8) is 0 Å². The van der Waals surface area contributed by atoms with Crippen LogP contribution in [0, 0.1) is 11.3 Å². The molecule has 0 aliphatic carbocycles. The highest BCUT2D eigenvalue weighted by Gasteiger charge is 2.30. The van der Waals surface area contributed by atoms with E-state index in [4.69, 9.17) is 15.4 Å². The lowest BCUT2D eigenvalue weighted by molar-refractivity contribution is -0.137. The number of benzene rings is 1. The van der Waals surface area contributed by atoms with Crippen LogP contribution < -0.4 is 5.73 Å². The summed E-state index contributed by atoms with van der Waals surface area (Å²) in [6.07, 6.45) is -4.45. The number of hydrogen-bond donors (Lipinski definition) is 1. The molecule has 0 aliphatic heterocycles. The molecule has 0 spiro atoms. The lowest BCUT2D eigenvalue weighted by atomic mass is 10.1. The van der Waals surface area contributed by atoms with E-state index in [2.05, 4.69) is 4.98 Å². The summed E-state index contributed by atoms with van der Waals surface area (Å²) in [4.78, 5) is 3.70. The zero-order chi connectivity index (χ0) is 13.3. The second kappa shape index (κ2) is 4.07. The van der Waals surface area contributed by atoms with Gasteiger partial charge in [0.05, 0.1) is 5.56 Å². The van der Waals surface area contributed by atoms with E-state index in [1.807, 2.05) is 0 Å². The van der Waals surface area contributed by atoms with Crippen LogP contribution in [0.2, 0.25) is 0 Å². The first kappa shape index (κ1) is 12.0. The minimum atomic E-state index is -4.45. The monoisotopic (exact) mass is 253 g/mol. The van der Waals surface area contributed by atoms with Gasteiger partial charge >= 0.3 is 6.18 Å². The molecule has 1 aromatic heterocycles. The lowest BCUT2D eigenvalue weighted by Gasteiger charge is -2.06. The summed E-state index contributed by atoms with van der Waals surface area (Å²) in [5.41, 5.74) is 4.47. The molecule has 4 nitrogen and oxygen atoms in total. The highest BCUT2D eigenvalue weighted by Crippen LogP contribution is 2.32. The molecule has 0 atom stereocenters. The van der Waals surface area contributed by atoms with Gasteiger partial charge in [0.15, 0.2) is 0 Å². The first-order valence-electron chi connectivity index (χ1n) is 4.76. The lowest BCUT2D eigenvalue weighted by Crippen LogP contribution is -2.04. The number of alkyl halides is 3. The number of aromatic nitrogens is 1. The van der Waals surface area contributed by atoms with E-state index in [-0.39, 0.29) is 23.0 Å². The van der Waals surface area contributed by atoms with E-state index in [1.54, 1.807) is 6.07 Å². The Morgan fingerprint density at radius 1 is 1.33 bits per heavy atom. The molecule has 7 heteroatoms. The molecule has 0 aliphatic rings. The fourth-order valence-electron chi connectivity index (χ4n) is 1.36. The fourth-order valence-corrected chi connectivity index (χ4v) is 1.36. The van der Waals surface area contributed by atoms with Crippen molar-refractivity contribution in [2.24, 2.45) is 0 Å². The van der Waals surface area contributed by atoms with Crippen molar-refractivity contribution in [2.45, 2.75) is 6.18 Å². The number of hydrogen-bond acceptors (Lipinski definition) is 4. The van der Waals surface area contributed by atoms with Gasteiger partial charge in [0, 0.05) is 5.56 Å². The number of anilines is 1. The number of halogens is 3. The third kappa shape index (κ3) is 2.13. The molecule has 0 bridgehead atoms. The Labute approximate surface area is 99.5 Å². The Kier molecular flexibility index (Phi) is 2.71. The molecule has 0 amide bonds. The largest absolute Gasteiger partial charge is 0.419 e. The molecule has 0 saturated carbocycles. The standard InChI is InChI=1S/C11H6F3N3O/c12-11(13,14)7-3-1-2-6(4-7)10-17-8(5-15)9(16)18-10/h1-4H,16H2. The third-order valence-electron chi connectivity index (χ3n) is 2.20. The number of nitrogens with zero attached hydrogens (tertiary/aromatic N) is 2. The molecular weight excluding hydrogens is 247 g/mol. The van der Waals surface area contributed by atoms with Gasteiger partial charge in [0.25, 0.3) is 0 Å². The van der Waals surface area contributed by atoms with Gasteiger partial charge < -0.3 is 10.2 Å². The summed E-state index contributed by atoms with van der Waals surface area (Å²) in [5, 5.41) is 8.63. The van der Waals surface area contributed by atoms with Gasteiger partial charge in [-0.15, -0.1) is 0 Å². The predicted octanol–water partition coefficient (Wildman–Crippen LogP) is 2.81. The van der Waals surface area contributed by atoms with Crippen LogP contribution in [0.3, 0.4) is 0 Å². The highest BCUT2D eigenvalue weighted by atomic mass is 19.4. The minimum absolute atomic E-state index is 0.109. The topological polar surface area (TPSA) is 75.8 Å². The predicted molar refractivity (Wildman–Crippen MR) is 56.1 cm³/mol. The van der Waals surface area contributed by atoms with Crippen LogP contribution in [-0.4, -0.2) is 4.98 Å². The zero-order valence-electron chi connectivity index (χ0n) is 8.82. The Morgan fingerprint density at radius 2 is 2.06 bits per heavy atom. The van der Waals surface area contributed by atoms with Gasteiger partial charge in [-0.3, -0.25) is 0 Å². The molecular formula is C11H6F3N3O. The van der Waals surface area contributed by atoms with Crippen molar-refractivity contribution in [3.05, 3.63) is 35.5 Å². The number of nitriles is 1. The van der Waals surface area contributed by atoms with E-state index in [9.17, 15) is 13.2 Å². The van der Waals surface area contributed by atoms with Crippen molar-refractivity contribution < 1.29 is 17.6 Å². The summed E-state index contributed by atoms with van der Waals surface area (Å²) < 4.78 is 42.5. The van der Waals surface area contributed by atoms with Crippen LogP contribution in [0.25, 0.3) is 11.5 Å². The first-order valence-corrected chi connectivity index (χ1v) is 4.76. The van der Waals surface area contributed by atoms with Crippen LogP contribution in [0.15, 0.2) is 28.7 Å². The van der Waals surface area contributed by atoms with Gasteiger partial charge in [-0.25, -0.2) is 0 Å². The van der Waals surface area contributed by atoms with Crippen molar-refractivity contribution >= 4 is 5.88 Å². The van der Waals surface area contributed by atoms with Gasteiger partial charge in [0.2, 0.25) is 17.5 Å². The Morgan fingerprint density at radius 3 is 2.61 bits per heavy atom. The van der Waals surface area contributed by atoms with E-state index in [0.29, 0.717) is 0 Å². The maximum atomic E-state index is 12.5. The summed E-state index contributed by atoms with van der Waals surface area (Å²) in [6, 6.07) is 6.11.